The Balaban J connectivity index is 2.14. The first-order valence-electron chi connectivity index (χ1n) is 6.00. The summed E-state index contributed by atoms with van der Waals surface area (Å²) in [7, 11) is 2.05. The van der Waals surface area contributed by atoms with Crippen molar-refractivity contribution in [1.82, 2.24) is 15.1 Å². The van der Waals surface area contributed by atoms with E-state index in [-0.39, 0.29) is 5.91 Å². The van der Waals surface area contributed by atoms with Crippen molar-refractivity contribution in [3.05, 3.63) is 0 Å². The van der Waals surface area contributed by atoms with Crippen molar-refractivity contribution in [2.24, 2.45) is 0 Å². The van der Waals surface area contributed by atoms with Crippen LogP contribution in [0.1, 0.15) is 13.3 Å². The maximum Gasteiger partial charge on any atom is 0.407 e. The molecule has 0 radical (unpaired) electrons. The Bertz CT molecular complexity index is 263. The molecule has 0 aliphatic carbocycles. The first-order chi connectivity index (χ1) is 8.13. The maximum atomic E-state index is 11.8. The van der Waals surface area contributed by atoms with E-state index in [0.717, 1.165) is 26.2 Å². The minimum absolute atomic E-state index is 0.0925. The van der Waals surface area contributed by atoms with E-state index in [1.807, 2.05) is 11.9 Å². The molecule has 0 aromatic heterocycles. The Labute approximate surface area is 102 Å². The lowest BCUT2D eigenvalue weighted by atomic mass is 10.3. The Morgan fingerprint density at radius 1 is 1.24 bits per heavy atom. The fourth-order valence-corrected chi connectivity index (χ4v) is 1.67. The van der Waals surface area contributed by atoms with Crippen molar-refractivity contribution < 1.29 is 14.3 Å². The van der Waals surface area contributed by atoms with Crippen LogP contribution in [-0.2, 0) is 9.53 Å². The standard InChI is InChI=1S/C11H21N3O3/c1-3-17-11(16)12-5-4-10(15)14-8-6-13(2)7-9-14/h3-9H2,1-2H3,(H,12,16). The van der Waals surface area contributed by atoms with Crippen LogP contribution < -0.4 is 5.32 Å². The van der Waals surface area contributed by atoms with E-state index in [1.54, 1.807) is 6.92 Å². The second-order valence-electron chi connectivity index (χ2n) is 4.08. The number of nitrogens with one attached hydrogen (secondary N) is 1. The van der Waals surface area contributed by atoms with Crippen LogP contribution in [0.3, 0.4) is 0 Å². The number of piperazine rings is 1. The first-order valence-corrected chi connectivity index (χ1v) is 6.00. The summed E-state index contributed by atoms with van der Waals surface area (Å²) in [5.41, 5.74) is 0. The van der Waals surface area contributed by atoms with Gasteiger partial charge >= 0.3 is 6.09 Å². The molecule has 0 atom stereocenters. The van der Waals surface area contributed by atoms with Gasteiger partial charge in [-0.05, 0) is 14.0 Å². The van der Waals surface area contributed by atoms with Crippen molar-refractivity contribution in [2.45, 2.75) is 13.3 Å². The van der Waals surface area contributed by atoms with Crippen molar-refractivity contribution in [1.29, 1.82) is 0 Å². The molecule has 1 aliphatic rings. The number of hydrogen-bond donors (Lipinski definition) is 1. The Kier molecular flexibility index (Phi) is 5.76. The number of likely N-dealkylation sites (N-methyl/N-ethyl adjacent to an activating group) is 1. The van der Waals surface area contributed by atoms with Crippen molar-refractivity contribution in [2.75, 3.05) is 46.4 Å². The highest BCUT2D eigenvalue weighted by molar-refractivity contribution is 5.77. The second-order valence-corrected chi connectivity index (χ2v) is 4.08. The van der Waals surface area contributed by atoms with E-state index < -0.39 is 6.09 Å². The Morgan fingerprint density at radius 2 is 1.88 bits per heavy atom. The predicted molar refractivity (Wildman–Crippen MR) is 63.7 cm³/mol. The smallest absolute Gasteiger partial charge is 0.407 e. The third-order valence-corrected chi connectivity index (χ3v) is 2.74. The fourth-order valence-electron chi connectivity index (χ4n) is 1.67. The molecular weight excluding hydrogens is 222 g/mol. The molecule has 2 amide bonds. The summed E-state index contributed by atoms with van der Waals surface area (Å²) < 4.78 is 4.70. The van der Waals surface area contributed by atoms with Gasteiger partial charge in [0.15, 0.2) is 0 Å². The molecule has 1 saturated heterocycles. The van der Waals surface area contributed by atoms with Gasteiger partial charge in [0.2, 0.25) is 5.91 Å². The minimum Gasteiger partial charge on any atom is -0.450 e. The lowest BCUT2D eigenvalue weighted by Crippen LogP contribution is -2.47. The van der Waals surface area contributed by atoms with Crippen molar-refractivity contribution >= 4 is 12.0 Å². The minimum atomic E-state index is -0.460. The number of hydrogen-bond acceptors (Lipinski definition) is 4. The van der Waals surface area contributed by atoms with E-state index in [9.17, 15) is 9.59 Å². The normalized spacial score (nSPS) is 16.7. The second kappa shape index (κ2) is 7.11. The number of carbonyl (C=O) groups excluding carboxylic acids is 2. The highest BCUT2D eigenvalue weighted by Gasteiger charge is 2.18. The SMILES string of the molecule is CCOC(=O)NCCC(=O)N1CCN(C)CC1. The van der Waals surface area contributed by atoms with Gasteiger partial charge in [0.1, 0.15) is 0 Å². The van der Waals surface area contributed by atoms with Crippen LogP contribution in [0.4, 0.5) is 4.79 Å². The van der Waals surface area contributed by atoms with Gasteiger partial charge in [-0.25, -0.2) is 4.79 Å². The number of rotatable bonds is 4. The van der Waals surface area contributed by atoms with E-state index in [0.29, 0.717) is 19.6 Å². The Hall–Kier alpha value is -1.30. The number of ether oxygens (including phenoxy) is 1. The van der Waals surface area contributed by atoms with Crippen molar-refractivity contribution in [3.63, 3.8) is 0 Å². The molecule has 0 saturated carbocycles. The Morgan fingerprint density at radius 3 is 2.47 bits per heavy atom. The molecule has 1 N–H and O–H groups in total. The third-order valence-electron chi connectivity index (χ3n) is 2.74. The molecule has 0 spiro atoms. The zero-order valence-electron chi connectivity index (χ0n) is 10.6. The summed E-state index contributed by atoms with van der Waals surface area (Å²) in [6, 6.07) is 0. The lowest BCUT2D eigenvalue weighted by Gasteiger charge is -2.32. The van der Waals surface area contributed by atoms with Gasteiger partial charge < -0.3 is 19.9 Å². The molecule has 98 valence electrons. The van der Waals surface area contributed by atoms with Gasteiger partial charge in [-0.15, -0.1) is 0 Å². The average molecular weight is 243 g/mol. The molecule has 1 rings (SSSR count). The summed E-state index contributed by atoms with van der Waals surface area (Å²) >= 11 is 0. The van der Waals surface area contributed by atoms with Gasteiger partial charge in [0.05, 0.1) is 6.61 Å². The van der Waals surface area contributed by atoms with E-state index in [2.05, 4.69) is 10.2 Å². The van der Waals surface area contributed by atoms with Gasteiger partial charge in [-0.2, -0.15) is 0 Å². The van der Waals surface area contributed by atoms with Gasteiger partial charge in [0.25, 0.3) is 0 Å². The molecule has 17 heavy (non-hydrogen) atoms. The topological polar surface area (TPSA) is 61.9 Å². The molecule has 0 aromatic carbocycles. The third kappa shape index (κ3) is 5.04. The fraction of sp³-hybridized carbons (Fsp3) is 0.818. The van der Waals surface area contributed by atoms with Crippen LogP contribution in [0.25, 0.3) is 0 Å². The molecule has 1 heterocycles. The number of nitrogens with zero attached hydrogens (tertiary/aromatic N) is 2. The van der Waals surface area contributed by atoms with Gasteiger partial charge in [0, 0.05) is 39.1 Å². The summed E-state index contributed by atoms with van der Waals surface area (Å²) in [4.78, 5) is 26.8. The van der Waals surface area contributed by atoms with Gasteiger partial charge in [-0.1, -0.05) is 0 Å². The molecule has 6 heteroatoms. The molecule has 0 aromatic rings. The number of amides is 2. The first kappa shape index (κ1) is 13.8. The van der Waals surface area contributed by atoms with Crippen LogP contribution in [0, 0.1) is 0 Å². The predicted octanol–water partition coefficient (Wildman–Crippen LogP) is -0.103. The highest BCUT2D eigenvalue weighted by Crippen LogP contribution is 2.01. The monoisotopic (exact) mass is 243 g/mol. The van der Waals surface area contributed by atoms with Crippen LogP contribution in [0.2, 0.25) is 0 Å². The molecule has 6 nitrogen and oxygen atoms in total. The van der Waals surface area contributed by atoms with Crippen LogP contribution in [0.15, 0.2) is 0 Å². The van der Waals surface area contributed by atoms with Crippen LogP contribution in [-0.4, -0.2) is 68.2 Å². The van der Waals surface area contributed by atoms with E-state index >= 15 is 0 Å². The van der Waals surface area contributed by atoms with Crippen molar-refractivity contribution in [3.8, 4) is 0 Å². The highest BCUT2D eigenvalue weighted by atomic mass is 16.5. The summed E-state index contributed by atoms with van der Waals surface area (Å²) in [5.74, 6) is 0.0925. The zero-order chi connectivity index (χ0) is 12.7. The van der Waals surface area contributed by atoms with E-state index in [4.69, 9.17) is 4.74 Å². The molecule has 0 unspecified atom stereocenters. The van der Waals surface area contributed by atoms with E-state index in [1.165, 1.54) is 0 Å². The van der Waals surface area contributed by atoms with Gasteiger partial charge in [-0.3, -0.25) is 4.79 Å². The quantitative estimate of drug-likeness (QED) is 0.749. The largest absolute Gasteiger partial charge is 0.450 e. The summed E-state index contributed by atoms with van der Waals surface area (Å²) in [6.45, 7) is 5.80. The summed E-state index contributed by atoms with van der Waals surface area (Å²) in [6.07, 6.45) is -0.124. The summed E-state index contributed by atoms with van der Waals surface area (Å²) in [5, 5.41) is 2.54. The molecular formula is C11H21N3O3. The molecule has 1 aliphatic heterocycles. The zero-order valence-corrected chi connectivity index (χ0v) is 10.6. The van der Waals surface area contributed by atoms with Crippen LogP contribution in [0.5, 0.6) is 0 Å². The lowest BCUT2D eigenvalue weighted by molar-refractivity contribution is -0.132. The maximum absolute atomic E-state index is 11.8. The molecule has 0 bridgehead atoms. The average Bonchev–Trinajstić information content (AvgIpc) is 2.30. The number of carbonyl (C=O) groups is 2. The van der Waals surface area contributed by atoms with Crippen LogP contribution >= 0.6 is 0 Å². The molecule has 1 fully saturated rings. The number of alkyl carbamates (subject to hydrolysis) is 1.